The predicted octanol–water partition coefficient (Wildman–Crippen LogP) is 2.89. The number of benzene rings is 1. The van der Waals surface area contributed by atoms with Crippen molar-refractivity contribution in [3.63, 3.8) is 0 Å². The largest absolute Gasteiger partial charge is 0.298 e. The first-order valence-electron chi connectivity index (χ1n) is 6.91. The van der Waals surface area contributed by atoms with E-state index in [1.807, 2.05) is 6.92 Å². The fraction of sp³-hybridized carbons (Fsp3) is 0.562. The molecule has 0 amide bonds. The maximum atomic E-state index is 12.0. The molecule has 0 aliphatic carbocycles. The summed E-state index contributed by atoms with van der Waals surface area (Å²) in [4.78, 5) is 14.2. The lowest BCUT2D eigenvalue weighted by molar-refractivity contribution is -0.124. The summed E-state index contributed by atoms with van der Waals surface area (Å²) in [5, 5.41) is 0. The van der Waals surface area contributed by atoms with Crippen LogP contribution >= 0.6 is 0 Å². The number of Topliss-reactive ketones (excluding diaryl/α,β-unsaturated/α-hetero) is 1. The van der Waals surface area contributed by atoms with Crippen molar-refractivity contribution in [3.05, 3.63) is 34.4 Å². The number of carbonyl (C=O) groups excluding carboxylic acids is 1. The van der Waals surface area contributed by atoms with Gasteiger partial charge in [-0.2, -0.15) is 0 Å². The second-order valence-corrected chi connectivity index (χ2v) is 5.36. The third kappa shape index (κ3) is 2.35. The Morgan fingerprint density at radius 2 is 2.06 bits per heavy atom. The monoisotopic (exact) mass is 245 g/mol. The average molecular weight is 245 g/mol. The van der Waals surface area contributed by atoms with Gasteiger partial charge >= 0.3 is 0 Å². The molecule has 98 valence electrons. The molecule has 0 radical (unpaired) electrons. The fourth-order valence-electron chi connectivity index (χ4n) is 2.92. The van der Waals surface area contributed by atoms with Crippen molar-refractivity contribution < 1.29 is 4.79 Å². The lowest BCUT2D eigenvalue weighted by Gasteiger charge is -2.33. The highest BCUT2D eigenvalue weighted by atomic mass is 16.1. The van der Waals surface area contributed by atoms with E-state index in [4.69, 9.17) is 0 Å². The molecule has 0 N–H and O–H groups in total. The van der Waals surface area contributed by atoms with E-state index < -0.39 is 0 Å². The SMILES string of the molecule is CCC(=O)C1Cc2cc(C)c(CC)cc2CN1C. The van der Waals surface area contributed by atoms with Gasteiger partial charge in [-0.05, 0) is 49.1 Å². The van der Waals surface area contributed by atoms with Gasteiger partial charge in [0.2, 0.25) is 0 Å². The number of carbonyl (C=O) groups is 1. The molecule has 0 bridgehead atoms. The van der Waals surface area contributed by atoms with Crippen molar-refractivity contribution in [2.24, 2.45) is 0 Å². The van der Waals surface area contributed by atoms with Crippen LogP contribution in [0.4, 0.5) is 0 Å². The average Bonchev–Trinajstić information content (AvgIpc) is 2.37. The zero-order valence-corrected chi connectivity index (χ0v) is 11.9. The van der Waals surface area contributed by atoms with Crippen LogP contribution in [0.3, 0.4) is 0 Å². The molecule has 2 heteroatoms. The van der Waals surface area contributed by atoms with Crippen molar-refractivity contribution >= 4 is 5.78 Å². The van der Waals surface area contributed by atoms with Crippen molar-refractivity contribution in [3.8, 4) is 0 Å². The summed E-state index contributed by atoms with van der Waals surface area (Å²) in [6.07, 6.45) is 2.60. The Morgan fingerprint density at radius 3 is 2.67 bits per heavy atom. The maximum Gasteiger partial charge on any atom is 0.150 e. The molecule has 1 heterocycles. The molecule has 1 unspecified atom stereocenters. The van der Waals surface area contributed by atoms with Gasteiger partial charge in [0.15, 0.2) is 0 Å². The predicted molar refractivity (Wildman–Crippen MR) is 74.8 cm³/mol. The van der Waals surface area contributed by atoms with E-state index in [0.29, 0.717) is 12.2 Å². The molecule has 0 saturated carbocycles. The highest BCUT2D eigenvalue weighted by molar-refractivity contribution is 5.84. The first kappa shape index (κ1) is 13.3. The lowest BCUT2D eigenvalue weighted by atomic mass is 9.88. The molecule has 1 aromatic rings. The van der Waals surface area contributed by atoms with E-state index in [0.717, 1.165) is 19.4 Å². The number of rotatable bonds is 3. The van der Waals surface area contributed by atoms with Crippen LogP contribution in [0.1, 0.15) is 42.5 Å². The number of hydrogen-bond donors (Lipinski definition) is 0. The maximum absolute atomic E-state index is 12.0. The fourth-order valence-corrected chi connectivity index (χ4v) is 2.92. The van der Waals surface area contributed by atoms with Crippen LogP contribution in [0.25, 0.3) is 0 Å². The van der Waals surface area contributed by atoms with Crippen LogP contribution in [0, 0.1) is 6.92 Å². The summed E-state index contributed by atoms with van der Waals surface area (Å²) in [6.45, 7) is 7.23. The minimum atomic E-state index is 0.0781. The first-order valence-corrected chi connectivity index (χ1v) is 6.91. The van der Waals surface area contributed by atoms with Crippen molar-refractivity contribution in [2.75, 3.05) is 7.05 Å². The molecular formula is C16H23NO. The van der Waals surface area contributed by atoms with E-state index in [-0.39, 0.29) is 6.04 Å². The second-order valence-electron chi connectivity index (χ2n) is 5.36. The number of likely N-dealkylation sites (N-methyl/N-ethyl adjacent to an activating group) is 1. The number of fused-ring (bicyclic) bond motifs is 1. The van der Waals surface area contributed by atoms with Gasteiger partial charge < -0.3 is 0 Å². The Morgan fingerprint density at radius 1 is 1.33 bits per heavy atom. The summed E-state index contributed by atoms with van der Waals surface area (Å²) in [5.41, 5.74) is 5.57. The van der Waals surface area contributed by atoms with E-state index in [2.05, 4.69) is 37.9 Å². The Labute approximate surface area is 110 Å². The van der Waals surface area contributed by atoms with Gasteiger partial charge in [0, 0.05) is 13.0 Å². The second kappa shape index (κ2) is 5.23. The van der Waals surface area contributed by atoms with E-state index in [1.54, 1.807) is 0 Å². The summed E-state index contributed by atoms with van der Waals surface area (Å²) in [6, 6.07) is 4.69. The van der Waals surface area contributed by atoms with Crippen molar-refractivity contribution in [1.29, 1.82) is 0 Å². The topological polar surface area (TPSA) is 20.3 Å². The lowest BCUT2D eigenvalue weighted by Crippen LogP contribution is -2.43. The Balaban J connectivity index is 2.34. The van der Waals surface area contributed by atoms with Crippen LogP contribution in [-0.2, 0) is 24.2 Å². The van der Waals surface area contributed by atoms with E-state index in [1.165, 1.54) is 22.3 Å². The van der Waals surface area contributed by atoms with Gasteiger partial charge in [-0.1, -0.05) is 26.0 Å². The summed E-state index contributed by atoms with van der Waals surface area (Å²) < 4.78 is 0. The molecule has 1 aromatic carbocycles. The smallest absolute Gasteiger partial charge is 0.150 e. The van der Waals surface area contributed by atoms with Crippen LogP contribution in [0.5, 0.6) is 0 Å². The molecule has 18 heavy (non-hydrogen) atoms. The molecule has 2 rings (SSSR count). The molecule has 1 aliphatic rings. The quantitative estimate of drug-likeness (QED) is 0.816. The Kier molecular flexibility index (Phi) is 3.86. The Bertz CT molecular complexity index is 464. The molecule has 1 aliphatic heterocycles. The van der Waals surface area contributed by atoms with Crippen LogP contribution in [0.2, 0.25) is 0 Å². The summed E-state index contributed by atoms with van der Waals surface area (Å²) in [7, 11) is 2.06. The van der Waals surface area contributed by atoms with Crippen LogP contribution < -0.4 is 0 Å². The van der Waals surface area contributed by atoms with E-state index >= 15 is 0 Å². The summed E-state index contributed by atoms with van der Waals surface area (Å²) in [5.74, 6) is 0.361. The molecule has 0 aromatic heterocycles. The van der Waals surface area contributed by atoms with Gasteiger partial charge in [-0.25, -0.2) is 0 Å². The zero-order valence-electron chi connectivity index (χ0n) is 11.9. The number of nitrogens with zero attached hydrogens (tertiary/aromatic N) is 1. The number of hydrogen-bond acceptors (Lipinski definition) is 2. The van der Waals surface area contributed by atoms with Crippen molar-refractivity contribution in [1.82, 2.24) is 4.90 Å². The third-order valence-electron chi connectivity index (χ3n) is 4.12. The molecular weight excluding hydrogens is 222 g/mol. The molecule has 0 spiro atoms. The zero-order chi connectivity index (χ0) is 13.3. The van der Waals surface area contributed by atoms with Gasteiger partial charge in [0.25, 0.3) is 0 Å². The summed E-state index contributed by atoms with van der Waals surface area (Å²) >= 11 is 0. The van der Waals surface area contributed by atoms with Crippen LogP contribution in [0.15, 0.2) is 12.1 Å². The highest BCUT2D eigenvalue weighted by Gasteiger charge is 2.28. The third-order valence-corrected chi connectivity index (χ3v) is 4.12. The standard InChI is InChI=1S/C16H23NO/c1-5-12-8-14-10-17(4)15(16(18)6-2)9-13(14)7-11(12)3/h7-8,15H,5-6,9-10H2,1-4H3. The van der Waals surface area contributed by atoms with Gasteiger partial charge in [-0.15, -0.1) is 0 Å². The van der Waals surface area contributed by atoms with Crippen LogP contribution in [-0.4, -0.2) is 23.8 Å². The Hall–Kier alpha value is -1.15. The highest BCUT2D eigenvalue weighted by Crippen LogP contribution is 2.26. The minimum absolute atomic E-state index is 0.0781. The van der Waals surface area contributed by atoms with Gasteiger partial charge in [-0.3, -0.25) is 9.69 Å². The minimum Gasteiger partial charge on any atom is -0.298 e. The van der Waals surface area contributed by atoms with Gasteiger partial charge in [0.1, 0.15) is 5.78 Å². The van der Waals surface area contributed by atoms with Crippen molar-refractivity contribution in [2.45, 2.75) is 52.6 Å². The van der Waals surface area contributed by atoms with Gasteiger partial charge in [0.05, 0.1) is 6.04 Å². The molecule has 1 atom stereocenters. The number of aryl methyl sites for hydroxylation is 2. The molecule has 0 fully saturated rings. The molecule has 0 saturated heterocycles. The van der Waals surface area contributed by atoms with E-state index in [9.17, 15) is 4.79 Å². The normalized spacial score (nSPS) is 19.7. The molecule has 2 nitrogen and oxygen atoms in total. The first-order chi connectivity index (χ1) is 8.56. The number of ketones is 1.